The smallest absolute Gasteiger partial charge is 1.00 e. The molecule has 3 nitrogen and oxygen atoms in total. The van der Waals surface area contributed by atoms with Crippen molar-refractivity contribution in [1.82, 2.24) is 0 Å². The molecule has 0 unspecified atom stereocenters. The first-order chi connectivity index (χ1) is 4.21. The Labute approximate surface area is 84.9 Å². The van der Waals surface area contributed by atoms with Crippen molar-refractivity contribution >= 4 is 7.60 Å². The summed E-state index contributed by atoms with van der Waals surface area (Å²) >= 11 is 0. The third-order valence-corrected chi connectivity index (χ3v) is 1.49. The van der Waals surface area contributed by atoms with Crippen LogP contribution in [0.4, 0.5) is 13.2 Å². The average Bonchev–Trinajstić information content (AvgIpc) is 1.57. The number of halogens is 3. The summed E-state index contributed by atoms with van der Waals surface area (Å²) in [5, 5.41) is 0. The van der Waals surface area contributed by atoms with Gasteiger partial charge >= 0.3 is 43.3 Å². The maximum Gasteiger partial charge on any atom is 1.00 e. The van der Waals surface area contributed by atoms with E-state index < -0.39 is 26.4 Å². The van der Waals surface area contributed by atoms with Crippen LogP contribution in [0.15, 0.2) is 0 Å². The van der Waals surface area contributed by atoms with E-state index in [1.807, 2.05) is 0 Å². The fourth-order valence-electron chi connectivity index (χ4n) is 0.272. The van der Waals surface area contributed by atoms with Gasteiger partial charge in [0.05, 0.1) is 12.6 Å². The second-order valence-electron chi connectivity index (χ2n) is 1.75. The molecule has 0 heterocycles. The Kier molecular flexibility index (Phi) is 6.37. The minimum Gasteiger partial charge on any atom is -1.00 e. The van der Waals surface area contributed by atoms with Gasteiger partial charge in [-0.3, -0.25) is 4.57 Å². The van der Waals surface area contributed by atoms with Gasteiger partial charge in [-0.2, -0.15) is 13.2 Å². The van der Waals surface area contributed by atoms with Gasteiger partial charge < -0.3 is 11.2 Å². The molecule has 0 saturated heterocycles. The maximum atomic E-state index is 11.2. The number of rotatable bonds is 2. The van der Waals surface area contributed by atoms with Crippen molar-refractivity contribution in [3.8, 4) is 0 Å². The molecule has 0 amide bonds. The Morgan fingerprint density at radius 3 is 1.82 bits per heavy atom. The molecule has 0 aromatic heterocycles. The van der Waals surface area contributed by atoms with Gasteiger partial charge in [-0.05, 0) is 0 Å². The molecule has 64 valence electrons. The van der Waals surface area contributed by atoms with Crippen LogP contribution in [0.5, 0.6) is 0 Å². The fraction of sp³-hybridized carbons (Fsp3) is 1.00. The average molecular weight is 202 g/mol. The third-order valence-electron chi connectivity index (χ3n) is 0.687. The van der Waals surface area contributed by atoms with E-state index in [0.717, 1.165) is 0 Å². The Balaban J connectivity index is -0.000000405. The van der Waals surface area contributed by atoms with Crippen molar-refractivity contribution in [3.63, 3.8) is 0 Å². The first kappa shape index (κ1) is 14.5. The number of hydrogen-bond donors (Lipinski definition) is 2. The first-order valence-electron chi connectivity index (χ1n) is 2.32. The van der Waals surface area contributed by atoms with Gasteiger partial charge in [-0.15, -0.1) is 0 Å². The molecule has 0 aromatic carbocycles. The van der Waals surface area contributed by atoms with Crippen LogP contribution in [-0.2, 0) is 4.57 Å². The molecule has 0 atom stereocenters. The predicted octanol–water partition coefficient (Wildman–Crippen LogP) is -1.77. The summed E-state index contributed by atoms with van der Waals surface area (Å²) in [6.45, 7) is 0. The van der Waals surface area contributed by atoms with Gasteiger partial charge in [0.2, 0.25) is 0 Å². The summed E-state index contributed by atoms with van der Waals surface area (Å²) in [6.07, 6.45) is -7.05. The van der Waals surface area contributed by atoms with E-state index in [-0.39, 0.29) is 31.0 Å². The predicted molar refractivity (Wildman–Crippen MR) is 28.7 cm³/mol. The molecule has 0 fully saturated rings. The van der Waals surface area contributed by atoms with Crippen LogP contribution in [0.25, 0.3) is 0 Å². The molecule has 0 rings (SSSR count). The number of alkyl halides is 3. The standard InChI is InChI=1S/C3H6F3O3P.Na.H/c4-3(5,6)1-2-10(7,8)9;;/h1-2H2,(H2,7,8,9);;/q;+1;-1. The minimum atomic E-state index is -4.48. The van der Waals surface area contributed by atoms with Gasteiger partial charge in [-0.1, -0.05) is 0 Å². The van der Waals surface area contributed by atoms with Crippen LogP contribution in [0.1, 0.15) is 7.85 Å². The van der Waals surface area contributed by atoms with Crippen LogP contribution < -0.4 is 29.6 Å². The monoisotopic (exact) mass is 202 g/mol. The van der Waals surface area contributed by atoms with Crippen molar-refractivity contribution in [2.24, 2.45) is 0 Å². The quantitative estimate of drug-likeness (QED) is 0.411. The second kappa shape index (κ2) is 4.84. The van der Waals surface area contributed by atoms with E-state index in [2.05, 4.69) is 0 Å². The van der Waals surface area contributed by atoms with Crippen molar-refractivity contribution in [2.45, 2.75) is 12.6 Å². The van der Waals surface area contributed by atoms with Crippen LogP contribution >= 0.6 is 7.60 Å². The molecule has 0 spiro atoms. The topological polar surface area (TPSA) is 57.5 Å². The van der Waals surface area contributed by atoms with Crippen molar-refractivity contribution in [3.05, 3.63) is 0 Å². The first-order valence-corrected chi connectivity index (χ1v) is 4.12. The summed E-state index contributed by atoms with van der Waals surface area (Å²) < 4.78 is 43.6. The molecule has 2 N–H and O–H groups in total. The summed E-state index contributed by atoms with van der Waals surface area (Å²) in [5.41, 5.74) is 0. The molecular formula is C3H7F3NaO3P. The third kappa shape index (κ3) is 13.9. The van der Waals surface area contributed by atoms with Gasteiger partial charge in [0.15, 0.2) is 0 Å². The minimum absolute atomic E-state index is 0. The maximum absolute atomic E-state index is 11.2. The zero-order valence-electron chi connectivity index (χ0n) is 6.80. The number of hydrogen-bond acceptors (Lipinski definition) is 1. The summed E-state index contributed by atoms with van der Waals surface area (Å²) in [5.74, 6) is 0. The molecule has 0 aliphatic carbocycles. The molecule has 0 aliphatic heterocycles. The SMILES string of the molecule is O=P(O)(O)CCC(F)(F)F.[H-].[Na+]. The summed E-state index contributed by atoms with van der Waals surface area (Å²) in [6, 6.07) is 0. The van der Waals surface area contributed by atoms with Crippen LogP contribution in [0, 0.1) is 0 Å². The van der Waals surface area contributed by atoms with Crippen molar-refractivity contribution in [2.75, 3.05) is 6.16 Å². The van der Waals surface area contributed by atoms with Gasteiger partial charge in [0.1, 0.15) is 0 Å². The molecule has 0 aliphatic rings. The second-order valence-corrected chi connectivity index (χ2v) is 3.53. The molecule has 0 aromatic rings. The van der Waals surface area contributed by atoms with E-state index in [9.17, 15) is 17.7 Å². The van der Waals surface area contributed by atoms with E-state index in [1.165, 1.54) is 0 Å². The van der Waals surface area contributed by atoms with E-state index in [1.54, 1.807) is 0 Å². The largest absolute Gasteiger partial charge is 1.00 e. The zero-order valence-corrected chi connectivity index (χ0v) is 8.69. The van der Waals surface area contributed by atoms with Crippen LogP contribution in [-0.4, -0.2) is 22.1 Å². The van der Waals surface area contributed by atoms with E-state index in [0.29, 0.717) is 0 Å². The zero-order chi connectivity index (χ0) is 8.41. The molecule has 0 radical (unpaired) electrons. The Hall–Kier alpha value is 0.940. The van der Waals surface area contributed by atoms with Gasteiger partial charge in [-0.25, -0.2) is 0 Å². The fourth-order valence-corrected chi connectivity index (χ4v) is 0.817. The van der Waals surface area contributed by atoms with Gasteiger partial charge in [0, 0.05) is 0 Å². The summed E-state index contributed by atoms with van der Waals surface area (Å²) in [4.78, 5) is 16.0. The molecule has 11 heavy (non-hydrogen) atoms. The summed E-state index contributed by atoms with van der Waals surface area (Å²) in [7, 11) is -4.48. The van der Waals surface area contributed by atoms with Crippen LogP contribution in [0.3, 0.4) is 0 Å². The van der Waals surface area contributed by atoms with Gasteiger partial charge in [0.25, 0.3) is 0 Å². The van der Waals surface area contributed by atoms with Crippen molar-refractivity contribution < 1.29 is 58.5 Å². The van der Waals surface area contributed by atoms with E-state index >= 15 is 0 Å². The molecule has 8 heteroatoms. The Morgan fingerprint density at radius 1 is 1.36 bits per heavy atom. The van der Waals surface area contributed by atoms with Crippen LogP contribution in [0.2, 0.25) is 0 Å². The molecule has 0 saturated carbocycles. The van der Waals surface area contributed by atoms with Crippen molar-refractivity contribution in [1.29, 1.82) is 0 Å². The molecular weight excluding hydrogens is 195 g/mol. The normalized spacial score (nSPS) is 12.5. The molecule has 0 bridgehead atoms. The Morgan fingerprint density at radius 2 is 1.73 bits per heavy atom. The Bertz CT molecular complexity index is 157. The van der Waals surface area contributed by atoms with E-state index in [4.69, 9.17) is 9.79 Å².